The van der Waals surface area contributed by atoms with E-state index in [1.54, 1.807) is 0 Å². The molecule has 1 saturated heterocycles. The van der Waals surface area contributed by atoms with Gasteiger partial charge in [0.2, 0.25) is 0 Å². The van der Waals surface area contributed by atoms with E-state index in [4.69, 9.17) is 0 Å². The Morgan fingerprint density at radius 1 is 0.952 bits per heavy atom. The summed E-state index contributed by atoms with van der Waals surface area (Å²) >= 11 is 0. The maximum atomic E-state index is 9.30. The molecule has 1 saturated carbocycles. The third-order valence-electron chi connectivity index (χ3n) is 5.57. The summed E-state index contributed by atoms with van der Waals surface area (Å²) in [5, 5.41) is 9.30. The monoisotopic (exact) mass is 287 g/mol. The van der Waals surface area contributed by atoms with E-state index in [0.717, 1.165) is 18.4 Å². The van der Waals surface area contributed by atoms with Gasteiger partial charge in [0.15, 0.2) is 0 Å². The molecule has 0 bridgehead atoms. The van der Waals surface area contributed by atoms with Crippen molar-refractivity contribution in [1.29, 1.82) is 0 Å². The Kier molecular flexibility index (Phi) is 5.32. The Morgan fingerprint density at radius 2 is 1.71 bits per heavy atom. The van der Waals surface area contributed by atoms with Crippen LogP contribution in [0.4, 0.5) is 0 Å². The van der Waals surface area contributed by atoms with Crippen LogP contribution >= 0.6 is 0 Å². The Hall–Kier alpha value is -0.860. The van der Waals surface area contributed by atoms with Gasteiger partial charge in [-0.15, -0.1) is 0 Å². The van der Waals surface area contributed by atoms with E-state index < -0.39 is 0 Å². The van der Waals surface area contributed by atoms with E-state index in [9.17, 15) is 5.11 Å². The first-order chi connectivity index (χ1) is 10.4. The lowest BCUT2D eigenvalue weighted by molar-refractivity contribution is 0.0548. The van der Waals surface area contributed by atoms with E-state index >= 15 is 0 Å². The summed E-state index contributed by atoms with van der Waals surface area (Å²) in [6.45, 7) is 1.60. The molecule has 2 aliphatic rings. The Morgan fingerprint density at radius 3 is 2.43 bits per heavy atom. The first-order valence-corrected chi connectivity index (χ1v) is 8.80. The molecule has 2 fully saturated rings. The minimum absolute atomic E-state index is 0.348. The zero-order valence-electron chi connectivity index (χ0n) is 13.1. The molecular weight excluding hydrogens is 258 g/mol. The normalized spacial score (nSPS) is 31.2. The van der Waals surface area contributed by atoms with Gasteiger partial charge in [0.1, 0.15) is 0 Å². The summed E-state index contributed by atoms with van der Waals surface area (Å²) in [6.07, 6.45) is 10.3. The van der Waals surface area contributed by atoms with Crippen molar-refractivity contribution in [3.63, 3.8) is 0 Å². The summed E-state index contributed by atoms with van der Waals surface area (Å²) in [6, 6.07) is 12.4. The van der Waals surface area contributed by atoms with Crippen LogP contribution in [-0.2, 0) is 0 Å². The van der Waals surface area contributed by atoms with Gasteiger partial charge in [-0.2, -0.15) is 0 Å². The molecule has 2 nitrogen and oxygen atoms in total. The van der Waals surface area contributed by atoms with Crippen molar-refractivity contribution < 1.29 is 5.11 Å². The van der Waals surface area contributed by atoms with Crippen molar-refractivity contribution in [2.75, 3.05) is 13.2 Å². The highest BCUT2D eigenvalue weighted by Crippen LogP contribution is 2.36. The molecule has 1 heterocycles. The molecule has 1 N–H and O–H groups in total. The second-order valence-electron chi connectivity index (χ2n) is 6.82. The highest BCUT2D eigenvalue weighted by molar-refractivity contribution is 5.20. The summed E-state index contributed by atoms with van der Waals surface area (Å²) in [5.74, 6) is 0.767. The zero-order chi connectivity index (χ0) is 14.5. The lowest BCUT2D eigenvalue weighted by Gasteiger charge is -2.44. The van der Waals surface area contributed by atoms with Gasteiger partial charge in [0, 0.05) is 18.7 Å². The average molecular weight is 287 g/mol. The third kappa shape index (κ3) is 3.67. The lowest BCUT2D eigenvalue weighted by atomic mass is 9.80. The molecule has 0 amide bonds. The zero-order valence-corrected chi connectivity index (χ0v) is 13.1. The molecule has 1 aromatic rings. The number of likely N-dealkylation sites (tertiary alicyclic amines) is 1. The second-order valence-corrected chi connectivity index (χ2v) is 6.82. The van der Waals surface area contributed by atoms with Gasteiger partial charge in [0.05, 0.1) is 0 Å². The summed E-state index contributed by atoms with van der Waals surface area (Å²) in [7, 11) is 0. The quantitative estimate of drug-likeness (QED) is 0.906. The first-order valence-electron chi connectivity index (χ1n) is 8.80. The van der Waals surface area contributed by atoms with Gasteiger partial charge in [-0.05, 0) is 63.0 Å². The molecule has 1 aliphatic heterocycles. The first kappa shape index (κ1) is 15.1. The molecule has 1 aliphatic carbocycles. The highest BCUT2D eigenvalue weighted by Gasteiger charge is 2.31. The average Bonchev–Trinajstić information content (AvgIpc) is 2.57. The van der Waals surface area contributed by atoms with Gasteiger partial charge in [-0.1, -0.05) is 36.8 Å². The predicted molar refractivity (Wildman–Crippen MR) is 87.5 cm³/mol. The van der Waals surface area contributed by atoms with E-state index in [1.807, 2.05) is 0 Å². The topological polar surface area (TPSA) is 23.5 Å². The number of piperidine rings is 1. The van der Waals surface area contributed by atoms with Crippen molar-refractivity contribution in [3.8, 4) is 0 Å². The van der Waals surface area contributed by atoms with Crippen LogP contribution < -0.4 is 0 Å². The number of nitrogens with zero attached hydrogens (tertiary/aromatic N) is 1. The minimum atomic E-state index is 0.348. The van der Waals surface area contributed by atoms with Gasteiger partial charge < -0.3 is 5.11 Å². The Bertz CT molecular complexity index is 409. The lowest BCUT2D eigenvalue weighted by Crippen LogP contribution is -2.47. The largest absolute Gasteiger partial charge is 0.396 e. The fourth-order valence-electron chi connectivity index (χ4n) is 4.43. The molecule has 0 aromatic heterocycles. The fourth-order valence-corrected chi connectivity index (χ4v) is 4.43. The van der Waals surface area contributed by atoms with E-state index in [2.05, 4.69) is 35.2 Å². The van der Waals surface area contributed by atoms with Gasteiger partial charge in [-0.25, -0.2) is 0 Å². The number of aliphatic hydroxyl groups excluding tert-OH is 1. The van der Waals surface area contributed by atoms with Crippen LogP contribution in [0.5, 0.6) is 0 Å². The van der Waals surface area contributed by atoms with E-state index in [-0.39, 0.29) is 0 Å². The highest BCUT2D eigenvalue weighted by atomic mass is 16.3. The Balaban J connectivity index is 1.57. The van der Waals surface area contributed by atoms with Crippen molar-refractivity contribution in [3.05, 3.63) is 35.9 Å². The molecular formula is C19H29NO. The molecule has 3 rings (SSSR count). The van der Waals surface area contributed by atoms with Crippen LogP contribution in [-0.4, -0.2) is 35.2 Å². The van der Waals surface area contributed by atoms with E-state index in [0.29, 0.717) is 12.6 Å². The summed E-state index contributed by atoms with van der Waals surface area (Å²) < 4.78 is 0. The van der Waals surface area contributed by atoms with Crippen LogP contribution in [0, 0.1) is 0 Å². The second kappa shape index (κ2) is 7.42. The van der Waals surface area contributed by atoms with Gasteiger partial charge >= 0.3 is 0 Å². The molecule has 1 aromatic carbocycles. The standard InChI is InChI=1S/C19H29NO/c21-15-13-18-8-4-5-14-20(18)19-11-9-17(10-12-19)16-6-2-1-3-7-16/h1-3,6-7,17-19,21H,4-5,8-15H2/t17?,18-,19?/m1/s1. The third-order valence-corrected chi connectivity index (χ3v) is 5.57. The number of hydrogen-bond acceptors (Lipinski definition) is 2. The number of aliphatic hydroxyl groups is 1. The Labute approximate surface area is 129 Å². The summed E-state index contributed by atoms with van der Waals surface area (Å²) in [4.78, 5) is 2.74. The molecule has 0 unspecified atom stereocenters. The van der Waals surface area contributed by atoms with Crippen LogP contribution in [0.15, 0.2) is 30.3 Å². The van der Waals surface area contributed by atoms with Crippen LogP contribution in [0.2, 0.25) is 0 Å². The van der Waals surface area contributed by atoms with E-state index in [1.165, 1.54) is 57.1 Å². The predicted octanol–water partition coefficient (Wildman–Crippen LogP) is 3.95. The number of hydrogen-bond donors (Lipinski definition) is 1. The SMILES string of the molecule is OCC[C@H]1CCCCN1C1CCC(c2ccccc2)CC1. The number of rotatable bonds is 4. The molecule has 1 atom stereocenters. The summed E-state index contributed by atoms with van der Waals surface area (Å²) in [5.41, 5.74) is 1.53. The number of benzene rings is 1. The maximum absolute atomic E-state index is 9.30. The molecule has 0 spiro atoms. The fraction of sp³-hybridized carbons (Fsp3) is 0.684. The van der Waals surface area contributed by atoms with Crippen LogP contribution in [0.1, 0.15) is 62.8 Å². The molecule has 2 heteroatoms. The van der Waals surface area contributed by atoms with Crippen molar-refractivity contribution in [1.82, 2.24) is 4.90 Å². The van der Waals surface area contributed by atoms with Gasteiger partial charge in [0.25, 0.3) is 0 Å². The van der Waals surface area contributed by atoms with Crippen LogP contribution in [0.25, 0.3) is 0 Å². The smallest absolute Gasteiger partial charge is 0.0445 e. The van der Waals surface area contributed by atoms with Crippen molar-refractivity contribution in [2.45, 2.75) is 69.4 Å². The van der Waals surface area contributed by atoms with Crippen LogP contribution in [0.3, 0.4) is 0 Å². The molecule has 0 radical (unpaired) electrons. The maximum Gasteiger partial charge on any atom is 0.0445 e. The van der Waals surface area contributed by atoms with Crippen molar-refractivity contribution >= 4 is 0 Å². The minimum Gasteiger partial charge on any atom is -0.396 e. The molecule has 116 valence electrons. The van der Waals surface area contributed by atoms with Gasteiger partial charge in [-0.3, -0.25) is 4.90 Å². The van der Waals surface area contributed by atoms with Crippen molar-refractivity contribution in [2.24, 2.45) is 0 Å². The molecule has 21 heavy (non-hydrogen) atoms.